The molecule has 0 saturated heterocycles. The van der Waals surface area contributed by atoms with Crippen molar-refractivity contribution in [1.82, 2.24) is 4.98 Å². The third-order valence-electron chi connectivity index (χ3n) is 3.70. The minimum absolute atomic E-state index is 0.0390. The van der Waals surface area contributed by atoms with E-state index in [-0.39, 0.29) is 5.91 Å². The van der Waals surface area contributed by atoms with Gasteiger partial charge in [0.15, 0.2) is 5.13 Å². The van der Waals surface area contributed by atoms with Gasteiger partial charge in [0.25, 0.3) is 0 Å². The van der Waals surface area contributed by atoms with Crippen LogP contribution in [0.3, 0.4) is 0 Å². The smallest absolute Gasteiger partial charge is 0.226 e. The molecular formula is C14H22N2O2S. The van der Waals surface area contributed by atoms with Gasteiger partial charge in [-0.25, -0.2) is 4.98 Å². The summed E-state index contributed by atoms with van der Waals surface area (Å²) in [6.07, 6.45) is 7.52. The van der Waals surface area contributed by atoms with Crippen molar-refractivity contribution in [3.05, 3.63) is 11.1 Å². The van der Waals surface area contributed by atoms with E-state index in [1.165, 1.54) is 43.4 Å². The highest BCUT2D eigenvalue weighted by molar-refractivity contribution is 7.13. The second-order valence-electron chi connectivity index (χ2n) is 5.34. The van der Waals surface area contributed by atoms with Crippen LogP contribution in [-0.2, 0) is 4.79 Å². The van der Waals surface area contributed by atoms with Gasteiger partial charge < -0.3 is 10.4 Å². The third kappa shape index (κ3) is 4.58. The highest BCUT2D eigenvalue weighted by Crippen LogP contribution is 2.27. The van der Waals surface area contributed by atoms with Gasteiger partial charge in [0.05, 0.1) is 11.8 Å². The number of amides is 1. The molecule has 1 saturated carbocycles. The van der Waals surface area contributed by atoms with Crippen molar-refractivity contribution >= 4 is 22.4 Å². The fraction of sp³-hybridized carbons (Fsp3) is 0.714. The molecule has 1 aliphatic carbocycles. The van der Waals surface area contributed by atoms with E-state index in [1.807, 2.05) is 0 Å². The average Bonchev–Trinajstić information content (AvgIpc) is 2.86. The van der Waals surface area contributed by atoms with Crippen LogP contribution < -0.4 is 5.32 Å². The second kappa shape index (κ2) is 7.01. The molecule has 1 aromatic rings. The normalized spacial score (nSPS) is 18.2. The van der Waals surface area contributed by atoms with Crippen LogP contribution in [0.1, 0.15) is 63.7 Å². The zero-order chi connectivity index (χ0) is 13.7. The predicted molar refractivity (Wildman–Crippen MR) is 77.2 cm³/mol. The zero-order valence-corrected chi connectivity index (χ0v) is 12.2. The van der Waals surface area contributed by atoms with Crippen LogP contribution >= 0.6 is 11.3 Å². The lowest BCUT2D eigenvalue weighted by atomic mass is 9.86. The number of carbonyl (C=O) groups excluding carboxylic acids is 1. The predicted octanol–water partition coefficient (Wildman–Crippen LogP) is 3.50. The maximum Gasteiger partial charge on any atom is 0.226 e. The standard InChI is InChI=1S/C14H22N2O2S/c1-10(17)12-9-19-14(15-12)16-13(18)8-7-11-5-3-2-4-6-11/h9-11,17H,2-8H2,1H3,(H,15,16,18). The van der Waals surface area contributed by atoms with E-state index in [0.717, 1.165) is 12.3 Å². The van der Waals surface area contributed by atoms with E-state index in [1.54, 1.807) is 12.3 Å². The number of hydrogen-bond donors (Lipinski definition) is 2. The van der Waals surface area contributed by atoms with E-state index in [0.29, 0.717) is 17.2 Å². The summed E-state index contributed by atoms with van der Waals surface area (Å²) in [6.45, 7) is 1.67. The number of nitrogens with one attached hydrogen (secondary N) is 1. The molecule has 106 valence electrons. The van der Waals surface area contributed by atoms with Crippen LogP contribution in [0, 0.1) is 5.92 Å². The molecule has 2 N–H and O–H groups in total. The lowest BCUT2D eigenvalue weighted by Gasteiger charge is -2.20. The molecule has 1 fully saturated rings. The zero-order valence-electron chi connectivity index (χ0n) is 11.4. The van der Waals surface area contributed by atoms with Gasteiger partial charge in [0, 0.05) is 11.8 Å². The summed E-state index contributed by atoms with van der Waals surface area (Å²) in [4.78, 5) is 16.0. The maximum absolute atomic E-state index is 11.8. The molecule has 1 unspecified atom stereocenters. The summed E-state index contributed by atoms with van der Waals surface area (Å²) in [5, 5.41) is 14.6. The first-order valence-corrected chi connectivity index (χ1v) is 7.96. The third-order valence-corrected chi connectivity index (χ3v) is 4.48. The summed E-state index contributed by atoms with van der Waals surface area (Å²) in [7, 11) is 0. The van der Waals surface area contributed by atoms with Crippen molar-refractivity contribution in [1.29, 1.82) is 0 Å². The first kappa shape index (κ1) is 14.5. The largest absolute Gasteiger partial charge is 0.387 e. The van der Waals surface area contributed by atoms with Crippen LogP contribution in [-0.4, -0.2) is 16.0 Å². The van der Waals surface area contributed by atoms with E-state index in [4.69, 9.17) is 0 Å². The fourth-order valence-corrected chi connectivity index (χ4v) is 3.34. The van der Waals surface area contributed by atoms with E-state index in [2.05, 4.69) is 10.3 Å². The maximum atomic E-state index is 11.8. The van der Waals surface area contributed by atoms with Crippen LogP contribution in [0.5, 0.6) is 0 Å². The molecule has 1 atom stereocenters. The van der Waals surface area contributed by atoms with Crippen molar-refractivity contribution in [2.75, 3.05) is 5.32 Å². The Bertz CT molecular complexity index is 411. The SMILES string of the molecule is CC(O)c1csc(NC(=O)CCC2CCCCC2)n1. The Morgan fingerprint density at radius 3 is 2.89 bits per heavy atom. The molecule has 1 heterocycles. The summed E-state index contributed by atoms with van der Waals surface area (Å²) >= 11 is 1.36. The van der Waals surface area contributed by atoms with Gasteiger partial charge in [-0.15, -0.1) is 11.3 Å². The molecule has 0 aromatic carbocycles. The number of aromatic nitrogens is 1. The van der Waals surface area contributed by atoms with Crippen molar-refractivity contribution < 1.29 is 9.90 Å². The number of carbonyl (C=O) groups is 1. The van der Waals surface area contributed by atoms with Gasteiger partial charge >= 0.3 is 0 Å². The number of aliphatic hydroxyl groups excluding tert-OH is 1. The van der Waals surface area contributed by atoms with Crippen LogP contribution in [0.15, 0.2) is 5.38 Å². The summed E-state index contributed by atoms with van der Waals surface area (Å²) < 4.78 is 0. The second-order valence-corrected chi connectivity index (χ2v) is 6.20. The molecule has 0 radical (unpaired) electrons. The molecule has 0 bridgehead atoms. The van der Waals surface area contributed by atoms with Crippen molar-refractivity contribution in [3.63, 3.8) is 0 Å². The van der Waals surface area contributed by atoms with Crippen molar-refractivity contribution in [2.45, 2.75) is 58.0 Å². The monoisotopic (exact) mass is 282 g/mol. The average molecular weight is 282 g/mol. The van der Waals surface area contributed by atoms with Crippen LogP contribution in [0.25, 0.3) is 0 Å². The Morgan fingerprint density at radius 2 is 2.26 bits per heavy atom. The molecule has 19 heavy (non-hydrogen) atoms. The van der Waals surface area contributed by atoms with Gasteiger partial charge in [-0.1, -0.05) is 32.1 Å². The number of hydrogen-bond acceptors (Lipinski definition) is 4. The molecule has 0 aliphatic heterocycles. The molecule has 1 amide bonds. The number of anilines is 1. The summed E-state index contributed by atoms with van der Waals surface area (Å²) in [6, 6.07) is 0. The van der Waals surface area contributed by atoms with Gasteiger partial charge in [-0.3, -0.25) is 4.79 Å². The van der Waals surface area contributed by atoms with Gasteiger partial charge in [0.2, 0.25) is 5.91 Å². The minimum Gasteiger partial charge on any atom is -0.387 e. The lowest BCUT2D eigenvalue weighted by Crippen LogP contribution is -2.14. The first-order chi connectivity index (χ1) is 9.15. The number of nitrogens with zero attached hydrogens (tertiary/aromatic N) is 1. The first-order valence-electron chi connectivity index (χ1n) is 7.08. The molecule has 4 nitrogen and oxygen atoms in total. The van der Waals surface area contributed by atoms with Gasteiger partial charge in [-0.05, 0) is 19.3 Å². The van der Waals surface area contributed by atoms with Gasteiger partial charge in [0.1, 0.15) is 0 Å². The highest BCUT2D eigenvalue weighted by Gasteiger charge is 2.15. The Hall–Kier alpha value is -0.940. The van der Waals surface area contributed by atoms with Crippen LogP contribution in [0.4, 0.5) is 5.13 Å². The van der Waals surface area contributed by atoms with Crippen molar-refractivity contribution in [3.8, 4) is 0 Å². The molecule has 1 aliphatic rings. The highest BCUT2D eigenvalue weighted by atomic mass is 32.1. The number of aliphatic hydroxyl groups is 1. The Kier molecular flexibility index (Phi) is 5.34. The van der Waals surface area contributed by atoms with E-state index >= 15 is 0 Å². The Balaban J connectivity index is 1.73. The molecule has 1 aromatic heterocycles. The van der Waals surface area contributed by atoms with Gasteiger partial charge in [-0.2, -0.15) is 0 Å². The lowest BCUT2D eigenvalue weighted by molar-refractivity contribution is -0.116. The topological polar surface area (TPSA) is 62.2 Å². The number of rotatable bonds is 5. The fourth-order valence-electron chi connectivity index (χ4n) is 2.53. The molecule has 2 rings (SSSR count). The summed E-state index contributed by atoms with van der Waals surface area (Å²) in [5.74, 6) is 0.765. The molecule has 5 heteroatoms. The minimum atomic E-state index is -0.579. The number of thiazole rings is 1. The van der Waals surface area contributed by atoms with Crippen molar-refractivity contribution in [2.24, 2.45) is 5.92 Å². The van der Waals surface area contributed by atoms with Crippen LogP contribution in [0.2, 0.25) is 0 Å². The molecule has 0 spiro atoms. The van der Waals surface area contributed by atoms with E-state index in [9.17, 15) is 9.90 Å². The Labute approximate surface area is 118 Å². The quantitative estimate of drug-likeness (QED) is 0.869. The van der Waals surface area contributed by atoms with E-state index < -0.39 is 6.10 Å². The molecular weight excluding hydrogens is 260 g/mol. The summed E-state index contributed by atoms with van der Waals surface area (Å²) in [5.41, 5.74) is 0.618. The Morgan fingerprint density at radius 1 is 1.53 bits per heavy atom.